The number of ether oxygens (including phenoxy) is 1. The molecule has 8 heteroatoms. The zero-order valence-electron chi connectivity index (χ0n) is 18.5. The van der Waals surface area contributed by atoms with Crippen LogP contribution in [0.1, 0.15) is 55.1 Å². The van der Waals surface area contributed by atoms with Gasteiger partial charge in [0, 0.05) is 11.1 Å². The molecule has 3 aromatic rings. The molecule has 7 nitrogen and oxygen atoms in total. The highest BCUT2D eigenvalue weighted by Crippen LogP contribution is 2.18. The molecule has 2 aromatic carbocycles. The molecule has 0 radical (unpaired) electrons. The molecule has 3 rings (SSSR count). The van der Waals surface area contributed by atoms with E-state index in [2.05, 4.69) is 27.4 Å². The Kier molecular flexibility index (Phi) is 8.88. The van der Waals surface area contributed by atoms with Gasteiger partial charge in [-0.2, -0.15) is 10.1 Å². The fourth-order valence-electron chi connectivity index (χ4n) is 3.18. The fraction of sp³-hybridized carbons (Fsp3) is 0.280. The van der Waals surface area contributed by atoms with Crippen LogP contribution in [0.3, 0.4) is 0 Å². The second-order valence-corrected chi connectivity index (χ2v) is 7.49. The number of halogens is 1. The Morgan fingerprint density at radius 2 is 1.88 bits per heavy atom. The second-order valence-electron chi connectivity index (χ2n) is 7.49. The minimum absolute atomic E-state index is 0.0110. The molecule has 172 valence electrons. The molecule has 0 bridgehead atoms. The number of unbranched alkanes of at least 4 members (excludes halogenated alkanes) is 4. The van der Waals surface area contributed by atoms with E-state index in [1.807, 2.05) is 24.3 Å². The van der Waals surface area contributed by atoms with Gasteiger partial charge in [-0.25, -0.2) is 14.6 Å². The second kappa shape index (κ2) is 12.3. The van der Waals surface area contributed by atoms with Crippen molar-refractivity contribution in [2.24, 2.45) is 5.10 Å². The van der Waals surface area contributed by atoms with Crippen LogP contribution in [0.15, 0.2) is 64.5 Å². The van der Waals surface area contributed by atoms with E-state index in [0.29, 0.717) is 17.9 Å². The summed E-state index contributed by atoms with van der Waals surface area (Å²) >= 11 is 0. The summed E-state index contributed by atoms with van der Waals surface area (Å²) in [6, 6.07) is 14.3. The van der Waals surface area contributed by atoms with Crippen molar-refractivity contribution < 1.29 is 13.9 Å². The van der Waals surface area contributed by atoms with Crippen LogP contribution >= 0.6 is 0 Å². The van der Waals surface area contributed by atoms with E-state index in [1.165, 1.54) is 55.8 Å². The summed E-state index contributed by atoms with van der Waals surface area (Å²) < 4.78 is 19.0. The molecule has 0 fully saturated rings. The fourth-order valence-corrected chi connectivity index (χ4v) is 3.18. The highest BCUT2D eigenvalue weighted by molar-refractivity contribution is 5.94. The van der Waals surface area contributed by atoms with Gasteiger partial charge < -0.3 is 9.72 Å². The Bertz CT molecular complexity index is 1140. The van der Waals surface area contributed by atoms with Gasteiger partial charge in [0.25, 0.3) is 5.91 Å². The molecule has 0 saturated carbocycles. The number of nitrogens with zero attached hydrogens (tertiary/aromatic N) is 2. The van der Waals surface area contributed by atoms with E-state index in [1.54, 1.807) is 0 Å². The molecular formula is C25H27FN4O3. The number of amides is 1. The van der Waals surface area contributed by atoms with Gasteiger partial charge in [0.05, 0.1) is 18.5 Å². The monoisotopic (exact) mass is 450 g/mol. The quantitative estimate of drug-likeness (QED) is 0.252. The van der Waals surface area contributed by atoms with Crippen LogP contribution in [0.25, 0.3) is 11.3 Å². The van der Waals surface area contributed by atoms with Crippen LogP contribution in [0.4, 0.5) is 4.39 Å². The number of nitrogens with one attached hydrogen (secondary N) is 2. The predicted molar refractivity (Wildman–Crippen MR) is 126 cm³/mol. The molecule has 33 heavy (non-hydrogen) atoms. The number of aromatic nitrogens is 2. The van der Waals surface area contributed by atoms with Crippen LogP contribution in [-0.2, 0) is 0 Å². The molecule has 0 spiro atoms. The summed E-state index contributed by atoms with van der Waals surface area (Å²) in [7, 11) is 0. The molecule has 0 aliphatic heterocycles. The van der Waals surface area contributed by atoms with Crippen molar-refractivity contribution in [3.05, 3.63) is 82.2 Å². The number of benzene rings is 2. The number of carbonyl (C=O) groups excluding carboxylic acids is 1. The summed E-state index contributed by atoms with van der Waals surface area (Å²) in [6.45, 7) is 2.80. The highest BCUT2D eigenvalue weighted by atomic mass is 19.1. The van der Waals surface area contributed by atoms with Crippen LogP contribution in [0, 0.1) is 5.82 Å². The number of rotatable bonds is 11. The summed E-state index contributed by atoms with van der Waals surface area (Å²) in [5.41, 5.74) is 3.19. The highest BCUT2D eigenvalue weighted by Gasteiger charge is 2.10. The number of H-pyrrole nitrogens is 1. The summed E-state index contributed by atoms with van der Waals surface area (Å²) in [4.78, 5) is 30.6. The largest absolute Gasteiger partial charge is 0.493 e. The minimum Gasteiger partial charge on any atom is -0.493 e. The Morgan fingerprint density at radius 3 is 2.67 bits per heavy atom. The number of aromatic amines is 1. The minimum atomic E-state index is -0.691. The first-order valence-corrected chi connectivity index (χ1v) is 11.0. The zero-order chi connectivity index (χ0) is 23.5. The van der Waals surface area contributed by atoms with Crippen molar-refractivity contribution in [3.8, 4) is 17.0 Å². The Hall–Kier alpha value is -3.81. The number of hydrazone groups is 1. The maximum Gasteiger partial charge on any atom is 0.346 e. The summed E-state index contributed by atoms with van der Waals surface area (Å²) in [6.07, 6.45) is 7.24. The molecule has 0 atom stereocenters. The molecule has 0 aliphatic carbocycles. The maximum absolute atomic E-state index is 13.2. The normalized spacial score (nSPS) is 11.0. The van der Waals surface area contributed by atoms with Crippen molar-refractivity contribution in [1.82, 2.24) is 15.4 Å². The molecule has 2 N–H and O–H groups in total. The van der Waals surface area contributed by atoms with Gasteiger partial charge in [-0.3, -0.25) is 4.79 Å². The van der Waals surface area contributed by atoms with Gasteiger partial charge >= 0.3 is 5.69 Å². The van der Waals surface area contributed by atoms with Gasteiger partial charge in [0.15, 0.2) is 0 Å². The van der Waals surface area contributed by atoms with Gasteiger partial charge in [-0.15, -0.1) is 0 Å². The SMILES string of the molecule is CCCCCCCOc1ccccc1/C=N/NC(=O)c1cc(-c2ccc(F)cc2)nc(=O)[nH]1. The third-order valence-electron chi connectivity index (χ3n) is 4.92. The molecule has 0 aliphatic rings. The Morgan fingerprint density at radius 1 is 1.12 bits per heavy atom. The maximum atomic E-state index is 13.2. The standard InChI is InChI=1S/C25H27FN4O3/c1-2-3-4-5-8-15-33-23-10-7-6-9-19(23)17-27-30-24(31)22-16-21(28-25(32)29-22)18-11-13-20(26)14-12-18/h6-7,9-14,16-17H,2-5,8,15H2,1H3,(H,30,31)(H,28,29,32)/b27-17+. The van der Waals surface area contributed by atoms with Crippen LogP contribution in [0.2, 0.25) is 0 Å². The van der Waals surface area contributed by atoms with E-state index >= 15 is 0 Å². The van der Waals surface area contributed by atoms with Crippen molar-refractivity contribution >= 4 is 12.1 Å². The van der Waals surface area contributed by atoms with Gasteiger partial charge in [-0.1, -0.05) is 44.7 Å². The zero-order valence-corrected chi connectivity index (χ0v) is 18.5. The lowest BCUT2D eigenvalue weighted by Crippen LogP contribution is -2.24. The van der Waals surface area contributed by atoms with Crippen molar-refractivity contribution in [2.45, 2.75) is 39.0 Å². The number of hydrogen-bond acceptors (Lipinski definition) is 5. The molecule has 1 aromatic heterocycles. The first-order valence-electron chi connectivity index (χ1n) is 11.0. The Labute approximate surface area is 191 Å². The van der Waals surface area contributed by atoms with E-state index in [4.69, 9.17) is 4.74 Å². The lowest BCUT2D eigenvalue weighted by Gasteiger charge is -2.09. The van der Waals surface area contributed by atoms with Crippen LogP contribution in [0.5, 0.6) is 5.75 Å². The number of carbonyl (C=O) groups is 1. The van der Waals surface area contributed by atoms with Crippen molar-refractivity contribution in [3.63, 3.8) is 0 Å². The molecular weight excluding hydrogens is 423 g/mol. The van der Waals surface area contributed by atoms with Gasteiger partial charge in [0.2, 0.25) is 0 Å². The summed E-state index contributed by atoms with van der Waals surface area (Å²) in [5, 5.41) is 3.99. The average Bonchev–Trinajstić information content (AvgIpc) is 2.82. The van der Waals surface area contributed by atoms with E-state index in [9.17, 15) is 14.0 Å². The van der Waals surface area contributed by atoms with E-state index in [-0.39, 0.29) is 11.4 Å². The van der Waals surface area contributed by atoms with Crippen LogP contribution in [-0.4, -0.2) is 28.7 Å². The Balaban J connectivity index is 1.62. The lowest BCUT2D eigenvalue weighted by molar-refractivity contribution is 0.0949. The average molecular weight is 451 g/mol. The topological polar surface area (TPSA) is 96.4 Å². The predicted octanol–water partition coefficient (Wildman–Crippen LogP) is 4.69. The number of hydrogen-bond donors (Lipinski definition) is 2. The van der Waals surface area contributed by atoms with Gasteiger partial charge in [0.1, 0.15) is 17.3 Å². The lowest BCUT2D eigenvalue weighted by atomic mass is 10.1. The first-order chi connectivity index (χ1) is 16.1. The third kappa shape index (κ3) is 7.38. The molecule has 0 unspecified atom stereocenters. The first kappa shape index (κ1) is 23.8. The molecule has 1 amide bonds. The van der Waals surface area contributed by atoms with E-state index < -0.39 is 17.4 Å². The van der Waals surface area contributed by atoms with E-state index in [0.717, 1.165) is 18.4 Å². The smallest absolute Gasteiger partial charge is 0.346 e. The number of para-hydroxylation sites is 1. The van der Waals surface area contributed by atoms with Gasteiger partial charge in [-0.05, 0) is 48.9 Å². The van der Waals surface area contributed by atoms with Crippen molar-refractivity contribution in [1.29, 1.82) is 0 Å². The van der Waals surface area contributed by atoms with Crippen LogP contribution < -0.4 is 15.9 Å². The van der Waals surface area contributed by atoms with Crippen molar-refractivity contribution in [2.75, 3.05) is 6.61 Å². The molecule has 0 saturated heterocycles. The molecule has 1 heterocycles. The summed E-state index contributed by atoms with van der Waals surface area (Å²) in [5.74, 6) is -0.331. The third-order valence-corrected chi connectivity index (χ3v) is 4.92.